The molecule has 3 N–H and O–H groups in total. The summed E-state index contributed by atoms with van der Waals surface area (Å²) in [4.78, 5) is 21.8. The third-order valence-electron chi connectivity index (χ3n) is 5.07. The Morgan fingerprint density at radius 1 is 1.14 bits per heavy atom. The number of para-hydroxylation sites is 1. The number of aryl methyl sites for hydroxylation is 1. The first-order valence-corrected chi connectivity index (χ1v) is 9.68. The highest BCUT2D eigenvalue weighted by Gasteiger charge is 2.33. The van der Waals surface area contributed by atoms with Crippen LogP contribution in [0.4, 0.5) is 5.95 Å². The molecule has 1 fully saturated rings. The molecule has 144 valence electrons. The van der Waals surface area contributed by atoms with Crippen molar-refractivity contribution in [1.29, 1.82) is 0 Å². The van der Waals surface area contributed by atoms with Crippen molar-refractivity contribution in [2.75, 3.05) is 5.32 Å². The third-order valence-corrected chi connectivity index (χ3v) is 5.30. The summed E-state index contributed by atoms with van der Waals surface area (Å²) in [6.45, 7) is 3.96. The molecule has 1 aliphatic rings. The van der Waals surface area contributed by atoms with Crippen molar-refractivity contribution >= 4 is 34.4 Å². The summed E-state index contributed by atoms with van der Waals surface area (Å²) in [6, 6.07) is 15.5. The minimum absolute atomic E-state index is 0.0127. The quantitative estimate of drug-likeness (QED) is 0.632. The maximum absolute atomic E-state index is 12.7. The molecule has 3 aromatic rings. The second-order valence-corrected chi connectivity index (χ2v) is 7.57. The molecule has 1 aliphatic heterocycles. The van der Waals surface area contributed by atoms with E-state index in [9.17, 15) is 4.79 Å². The number of hydrogen-bond donors (Lipinski definition) is 3. The second-order valence-electron chi connectivity index (χ2n) is 7.13. The van der Waals surface area contributed by atoms with Crippen LogP contribution in [0.15, 0.2) is 48.5 Å². The first-order chi connectivity index (χ1) is 13.5. The van der Waals surface area contributed by atoms with Gasteiger partial charge in [0.1, 0.15) is 0 Å². The van der Waals surface area contributed by atoms with Gasteiger partial charge in [0.15, 0.2) is 6.29 Å². The van der Waals surface area contributed by atoms with Gasteiger partial charge in [-0.15, -0.1) is 0 Å². The van der Waals surface area contributed by atoms with Gasteiger partial charge in [-0.1, -0.05) is 41.9 Å². The van der Waals surface area contributed by atoms with Crippen LogP contribution in [0.1, 0.15) is 18.2 Å². The molecule has 7 heteroatoms. The average molecular weight is 396 g/mol. The van der Waals surface area contributed by atoms with Crippen molar-refractivity contribution in [3.63, 3.8) is 0 Å². The Hall–Kier alpha value is -2.70. The number of carbonyl (C=O) groups excluding carboxylic acids is 1. The minimum Gasteiger partial charge on any atom is -0.323 e. The molecule has 1 aromatic heterocycles. The Kier molecular flexibility index (Phi) is 5.15. The average Bonchev–Trinajstić information content (AvgIpc) is 2.65. The molecule has 2 aromatic carbocycles. The fraction of sp³-hybridized carbons (Fsp3) is 0.286. The molecule has 3 atom stereocenters. The van der Waals surface area contributed by atoms with E-state index in [1.807, 2.05) is 62.4 Å². The van der Waals surface area contributed by atoms with Crippen molar-refractivity contribution in [3.8, 4) is 0 Å². The summed E-state index contributed by atoms with van der Waals surface area (Å²) in [7, 11) is 0. The number of aromatic nitrogens is 2. The van der Waals surface area contributed by atoms with E-state index in [2.05, 4.69) is 25.9 Å². The van der Waals surface area contributed by atoms with Gasteiger partial charge in [0.25, 0.3) is 0 Å². The van der Waals surface area contributed by atoms with Gasteiger partial charge in [0.05, 0.1) is 17.1 Å². The number of fused-ring (bicyclic) bond motifs is 1. The summed E-state index contributed by atoms with van der Waals surface area (Å²) in [5, 5.41) is 11.2. The summed E-state index contributed by atoms with van der Waals surface area (Å²) >= 11 is 6.06. The predicted molar refractivity (Wildman–Crippen MR) is 111 cm³/mol. The lowest BCUT2D eigenvalue weighted by molar-refractivity contribution is -0.128. The molecular formula is C21H22ClN5O. The smallest absolute Gasteiger partial charge is 0.227 e. The number of anilines is 1. The normalized spacial score (nSPS) is 22.1. The van der Waals surface area contributed by atoms with E-state index >= 15 is 0 Å². The molecule has 1 amide bonds. The molecule has 0 aliphatic carbocycles. The molecule has 1 saturated heterocycles. The largest absolute Gasteiger partial charge is 0.323 e. The Morgan fingerprint density at radius 2 is 1.96 bits per heavy atom. The molecule has 6 nitrogen and oxygen atoms in total. The van der Waals surface area contributed by atoms with E-state index in [0.717, 1.165) is 22.2 Å². The van der Waals surface area contributed by atoms with Gasteiger partial charge in [0, 0.05) is 16.5 Å². The van der Waals surface area contributed by atoms with Gasteiger partial charge in [0.2, 0.25) is 11.9 Å². The van der Waals surface area contributed by atoms with E-state index in [1.165, 1.54) is 0 Å². The molecule has 2 heterocycles. The fourth-order valence-electron chi connectivity index (χ4n) is 3.59. The lowest BCUT2D eigenvalue weighted by Gasteiger charge is -2.36. The molecular weight excluding hydrogens is 374 g/mol. The Bertz CT molecular complexity index is 1020. The van der Waals surface area contributed by atoms with Crippen LogP contribution in [0.25, 0.3) is 10.9 Å². The van der Waals surface area contributed by atoms with Crippen LogP contribution < -0.4 is 16.0 Å². The maximum atomic E-state index is 12.7. The molecule has 28 heavy (non-hydrogen) atoms. The van der Waals surface area contributed by atoms with Crippen LogP contribution >= 0.6 is 11.6 Å². The van der Waals surface area contributed by atoms with Crippen molar-refractivity contribution in [3.05, 3.63) is 64.8 Å². The van der Waals surface area contributed by atoms with Gasteiger partial charge < -0.3 is 10.6 Å². The summed E-state index contributed by atoms with van der Waals surface area (Å²) in [5.74, 6) is 0.284. The Morgan fingerprint density at radius 3 is 2.75 bits per heavy atom. The van der Waals surface area contributed by atoms with Crippen molar-refractivity contribution in [1.82, 2.24) is 20.6 Å². The Balaban J connectivity index is 1.46. The monoisotopic (exact) mass is 395 g/mol. The molecule has 3 unspecified atom stereocenters. The van der Waals surface area contributed by atoms with Crippen molar-refractivity contribution in [2.24, 2.45) is 5.92 Å². The van der Waals surface area contributed by atoms with Gasteiger partial charge >= 0.3 is 0 Å². The fourth-order valence-corrected chi connectivity index (χ4v) is 3.80. The summed E-state index contributed by atoms with van der Waals surface area (Å²) in [5.41, 5.74) is 2.80. The number of halogens is 1. The topological polar surface area (TPSA) is 78.9 Å². The minimum atomic E-state index is -0.432. The molecule has 0 radical (unpaired) electrons. The summed E-state index contributed by atoms with van der Waals surface area (Å²) in [6.07, 6.45) is 0.192. The lowest BCUT2D eigenvalue weighted by Crippen LogP contribution is -2.63. The van der Waals surface area contributed by atoms with E-state index in [-0.39, 0.29) is 17.9 Å². The highest BCUT2D eigenvalue weighted by Crippen LogP contribution is 2.20. The predicted octanol–water partition coefficient (Wildman–Crippen LogP) is 3.25. The van der Waals surface area contributed by atoms with E-state index in [0.29, 0.717) is 17.4 Å². The summed E-state index contributed by atoms with van der Waals surface area (Å²) < 4.78 is 0. The van der Waals surface area contributed by atoms with Gasteiger partial charge in [-0.25, -0.2) is 9.97 Å². The molecule has 0 spiro atoms. The zero-order valence-electron chi connectivity index (χ0n) is 15.7. The first kappa shape index (κ1) is 18.7. The van der Waals surface area contributed by atoms with Crippen LogP contribution in [0.2, 0.25) is 5.02 Å². The van der Waals surface area contributed by atoms with Crippen LogP contribution in [0.3, 0.4) is 0 Å². The van der Waals surface area contributed by atoms with Crippen molar-refractivity contribution < 1.29 is 4.79 Å². The number of hydrogen-bond acceptors (Lipinski definition) is 5. The third kappa shape index (κ3) is 3.93. The highest BCUT2D eigenvalue weighted by atomic mass is 35.5. The van der Waals surface area contributed by atoms with Crippen LogP contribution in [0, 0.1) is 12.8 Å². The molecule has 4 rings (SSSR count). The SMILES string of the molecule is Cc1nc(NC2NC(=O)C(Cc3cccc(Cl)c3)C(C)N2)nc2ccccc12. The number of nitrogens with zero attached hydrogens (tertiary/aromatic N) is 2. The van der Waals surface area contributed by atoms with Crippen LogP contribution in [-0.2, 0) is 11.2 Å². The van der Waals surface area contributed by atoms with Crippen LogP contribution in [0.5, 0.6) is 0 Å². The van der Waals surface area contributed by atoms with Gasteiger partial charge in [-0.3, -0.25) is 10.1 Å². The zero-order chi connectivity index (χ0) is 19.7. The van der Waals surface area contributed by atoms with Crippen molar-refractivity contribution in [2.45, 2.75) is 32.6 Å². The van der Waals surface area contributed by atoms with E-state index in [4.69, 9.17) is 11.6 Å². The maximum Gasteiger partial charge on any atom is 0.227 e. The number of nitrogens with one attached hydrogen (secondary N) is 3. The lowest BCUT2D eigenvalue weighted by atomic mass is 9.91. The molecule has 0 bridgehead atoms. The van der Waals surface area contributed by atoms with E-state index in [1.54, 1.807) is 0 Å². The van der Waals surface area contributed by atoms with Gasteiger partial charge in [-0.05, 0) is 44.0 Å². The van der Waals surface area contributed by atoms with E-state index < -0.39 is 6.29 Å². The standard InChI is InChI=1S/C21H22ClN5O/c1-12-16-8-3-4-9-18(16)25-20(23-12)27-21-24-13(2)17(19(28)26-21)11-14-6-5-7-15(22)10-14/h3-10,13,17,21,24H,11H2,1-2H3,(H,26,28)(H,23,25,27). The van der Waals surface area contributed by atoms with Gasteiger partial charge in [-0.2, -0.15) is 0 Å². The number of amides is 1. The van der Waals surface area contributed by atoms with Crippen LogP contribution in [-0.4, -0.2) is 28.2 Å². The Labute approximate surface area is 168 Å². The highest BCUT2D eigenvalue weighted by molar-refractivity contribution is 6.30. The zero-order valence-corrected chi connectivity index (χ0v) is 16.5. The molecule has 0 saturated carbocycles. The first-order valence-electron chi connectivity index (χ1n) is 9.30. The number of rotatable bonds is 4. The number of benzene rings is 2. The second kappa shape index (κ2) is 7.73. The number of carbonyl (C=O) groups is 1.